The molecule has 0 spiro atoms. The van der Waals surface area contributed by atoms with E-state index in [0.717, 1.165) is 31.5 Å². The molecule has 19 heavy (non-hydrogen) atoms. The quantitative estimate of drug-likeness (QED) is 0.920. The van der Waals surface area contributed by atoms with Crippen LogP contribution in [0.2, 0.25) is 0 Å². The van der Waals surface area contributed by atoms with Crippen molar-refractivity contribution in [3.05, 3.63) is 23.5 Å². The second kappa shape index (κ2) is 4.67. The van der Waals surface area contributed by atoms with E-state index in [0.29, 0.717) is 0 Å². The fourth-order valence-electron chi connectivity index (χ4n) is 1.78. The standard InChI is InChI=1S/C13H17F3N2O/c1-12(2,17)11-6-9(13(14,15)16)10(7-18-11)19-8-4-3-5-8/h6-8H,3-5,17H2,1-2H3. The second-order valence-corrected chi connectivity index (χ2v) is 5.46. The Bertz CT molecular complexity index is 462. The molecule has 6 heteroatoms. The molecule has 1 saturated carbocycles. The lowest BCUT2D eigenvalue weighted by atomic mass is 9.96. The average Bonchev–Trinajstić information content (AvgIpc) is 2.20. The summed E-state index contributed by atoms with van der Waals surface area (Å²) in [6.07, 6.45) is -0.886. The molecule has 1 fully saturated rings. The van der Waals surface area contributed by atoms with Gasteiger partial charge in [0.05, 0.1) is 23.5 Å². The lowest BCUT2D eigenvalue weighted by Crippen LogP contribution is -2.31. The number of nitrogens with zero attached hydrogens (tertiary/aromatic N) is 1. The molecule has 106 valence electrons. The van der Waals surface area contributed by atoms with Gasteiger partial charge in [-0.05, 0) is 39.2 Å². The Labute approximate surface area is 110 Å². The maximum absolute atomic E-state index is 13.0. The van der Waals surface area contributed by atoms with Gasteiger partial charge in [0.25, 0.3) is 0 Å². The Hall–Kier alpha value is -1.30. The number of nitrogens with two attached hydrogens (primary N) is 1. The molecule has 0 aliphatic heterocycles. The molecule has 1 aromatic rings. The van der Waals surface area contributed by atoms with E-state index in [4.69, 9.17) is 10.5 Å². The van der Waals surface area contributed by atoms with Crippen molar-refractivity contribution in [2.45, 2.75) is 50.9 Å². The van der Waals surface area contributed by atoms with Crippen LogP contribution in [-0.4, -0.2) is 11.1 Å². The topological polar surface area (TPSA) is 48.1 Å². The van der Waals surface area contributed by atoms with Gasteiger partial charge in [0.2, 0.25) is 0 Å². The fraction of sp³-hybridized carbons (Fsp3) is 0.615. The molecule has 2 rings (SSSR count). The van der Waals surface area contributed by atoms with Crippen molar-refractivity contribution in [3.8, 4) is 5.75 Å². The molecule has 0 bridgehead atoms. The predicted octanol–water partition coefficient (Wildman–Crippen LogP) is 3.23. The van der Waals surface area contributed by atoms with Gasteiger partial charge in [-0.2, -0.15) is 13.2 Å². The Morgan fingerprint density at radius 1 is 1.32 bits per heavy atom. The van der Waals surface area contributed by atoms with E-state index < -0.39 is 17.3 Å². The summed E-state index contributed by atoms with van der Waals surface area (Å²) in [6.45, 7) is 3.23. The molecule has 1 heterocycles. The summed E-state index contributed by atoms with van der Waals surface area (Å²) in [4.78, 5) is 3.99. The summed E-state index contributed by atoms with van der Waals surface area (Å²) in [7, 11) is 0. The number of pyridine rings is 1. The maximum Gasteiger partial charge on any atom is 0.420 e. The smallest absolute Gasteiger partial charge is 0.420 e. The van der Waals surface area contributed by atoms with E-state index in [9.17, 15) is 13.2 Å². The molecule has 0 amide bonds. The van der Waals surface area contributed by atoms with Gasteiger partial charge in [-0.3, -0.25) is 4.98 Å². The summed E-state index contributed by atoms with van der Waals surface area (Å²) in [5.74, 6) is -0.204. The molecule has 1 aromatic heterocycles. The molecule has 3 nitrogen and oxygen atoms in total. The lowest BCUT2D eigenvalue weighted by molar-refractivity contribution is -0.139. The zero-order valence-corrected chi connectivity index (χ0v) is 10.9. The largest absolute Gasteiger partial charge is 0.488 e. The average molecular weight is 274 g/mol. The van der Waals surface area contributed by atoms with E-state index in [1.807, 2.05) is 0 Å². The molecular weight excluding hydrogens is 257 g/mol. The van der Waals surface area contributed by atoms with E-state index >= 15 is 0 Å². The molecule has 0 unspecified atom stereocenters. The first-order valence-corrected chi connectivity index (χ1v) is 6.21. The number of hydrogen-bond donors (Lipinski definition) is 1. The van der Waals surface area contributed by atoms with Crippen molar-refractivity contribution in [1.29, 1.82) is 0 Å². The van der Waals surface area contributed by atoms with Gasteiger partial charge < -0.3 is 10.5 Å². The summed E-state index contributed by atoms with van der Waals surface area (Å²) in [5.41, 5.74) is 4.26. The van der Waals surface area contributed by atoms with Gasteiger partial charge in [-0.15, -0.1) is 0 Å². The highest BCUT2D eigenvalue weighted by atomic mass is 19.4. The van der Waals surface area contributed by atoms with Crippen molar-refractivity contribution in [1.82, 2.24) is 4.98 Å². The number of halogens is 3. The van der Waals surface area contributed by atoms with Crippen molar-refractivity contribution < 1.29 is 17.9 Å². The number of hydrogen-bond acceptors (Lipinski definition) is 3. The predicted molar refractivity (Wildman–Crippen MR) is 64.7 cm³/mol. The molecule has 1 aliphatic carbocycles. The SMILES string of the molecule is CC(C)(N)c1cc(C(F)(F)F)c(OC2CCC2)cn1. The number of alkyl halides is 3. The van der Waals surface area contributed by atoms with Crippen LogP contribution in [-0.2, 0) is 11.7 Å². The van der Waals surface area contributed by atoms with Gasteiger partial charge in [0.1, 0.15) is 11.3 Å². The second-order valence-electron chi connectivity index (χ2n) is 5.46. The van der Waals surface area contributed by atoms with Crippen LogP contribution in [0.1, 0.15) is 44.4 Å². The van der Waals surface area contributed by atoms with Gasteiger partial charge in [0.15, 0.2) is 0 Å². The van der Waals surface area contributed by atoms with Crippen molar-refractivity contribution >= 4 is 0 Å². The monoisotopic (exact) mass is 274 g/mol. The molecule has 0 aromatic carbocycles. The highest BCUT2D eigenvalue weighted by molar-refractivity contribution is 5.37. The molecule has 0 atom stereocenters. The van der Waals surface area contributed by atoms with E-state index in [1.54, 1.807) is 13.8 Å². The molecule has 2 N–H and O–H groups in total. The summed E-state index contributed by atoms with van der Waals surface area (Å²) >= 11 is 0. The Morgan fingerprint density at radius 3 is 2.37 bits per heavy atom. The van der Waals surface area contributed by atoms with Crippen LogP contribution >= 0.6 is 0 Å². The fourth-order valence-corrected chi connectivity index (χ4v) is 1.78. The first kappa shape index (κ1) is 14.1. The number of ether oxygens (including phenoxy) is 1. The van der Waals surface area contributed by atoms with E-state index in [2.05, 4.69) is 4.98 Å². The minimum absolute atomic E-state index is 0.125. The summed E-state index contributed by atoms with van der Waals surface area (Å²) < 4.78 is 44.5. The molecule has 0 radical (unpaired) electrons. The summed E-state index contributed by atoms with van der Waals surface area (Å²) in [6, 6.07) is 0.980. The van der Waals surface area contributed by atoms with E-state index in [1.165, 1.54) is 0 Å². The van der Waals surface area contributed by atoms with Crippen molar-refractivity contribution in [3.63, 3.8) is 0 Å². The van der Waals surface area contributed by atoms with Gasteiger partial charge in [0, 0.05) is 0 Å². The molecule has 0 saturated heterocycles. The van der Waals surface area contributed by atoms with Crippen LogP contribution in [0.5, 0.6) is 5.75 Å². The molecule has 1 aliphatic rings. The third-order valence-electron chi connectivity index (χ3n) is 3.18. The van der Waals surface area contributed by atoms with Crippen molar-refractivity contribution in [2.24, 2.45) is 5.73 Å². The highest BCUT2D eigenvalue weighted by Crippen LogP contribution is 2.39. The van der Waals surface area contributed by atoms with Crippen LogP contribution in [0.3, 0.4) is 0 Å². The van der Waals surface area contributed by atoms with Gasteiger partial charge in [-0.25, -0.2) is 0 Å². The van der Waals surface area contributed by atoms with Crippen LogP contribution in [0.25, 0.3) is 0 Å². The van der Waals surface area contributed by atoms with Gasteiger partial charge >= 0.3 is 6.18 Å². The third-order valence-corrected chi connectivity index (χ3v) is 3.18. The normalized spacial score (nSPS) is 17.2. The Morgan fingerprint density at radius 2 is 1.95 bits per heavy atom. The molecular formula is C13H17F3N2O. The van der Waals surface area contributed by atoms with E-state index in [-0.39, 0.29) is 17.5 Å². The van der Waals surface area contributed by atoms with Crippen molar-refractivity contribution in [2.75, 3.05) is 0 Å². The lowest BCUT2D eigenvalue weighted by Gasteiger charge is -2.28. The maximum atomic E-state index is 13.0. The highest BCUT2D eigenvalue weighted by Gasteiger charge is 2.37. The van der Waals surface area contributed by atoms with Gasteiger partial charge in [-0.1, -0.05) is 0 Å². The first-order valence-electron chi connectivity index (χ1n) is 6.21. The Balaban J connectivity index is 2.36. The van der Waals surface area contributed by atoms with Crippen LogP contribution in [0.4, 0.5) is 13.2 Å². The summed E-state index contributed by atoms with van der Waals surface area (Å²) in [5, 5.41) is 0. The van der Waals surface area contributed by atoms with Crippen LogP contribution < -0.4 is 10.5 Å². The zero-order valence-electron chi connectivity index (χ0n) is 10.9. The third kappa shape index (κ3) is 3.18. The number of rotatable bonds is 3. The first-order chi connectivity index (χ1) is 8.68. The van der Waals surface area contributed by atoms with Crippen LogP contribution in [0.15, 0.2) is 12.3 Å². The minimum atomic E-state index is -4.47. The zero-order chi connectivity index (χ0) is 14.3. The Kier molecular flexibility index (Phi) is 3.47. The minimum Gasteiger partial charge on any atom is -0.488 e. The number of aromatic nitrogens is 1. The van der Waals surface area contributed by atoms with Crippen LogP contribution in [0, 0.1) is 0 Å².